The van der Waals surface area contributed by atoms with Crippen LogP contribution in [0, 0.1) is 17.3 Å². The van der Waals surface area contributed by atoms with E-state index in [2.05, 4.69) is 10.3 Å². The molecule has 0 aliphatic carbocycles. The number of benzene rings is 1. The summed E-state index contributed by atoms with van der Waals surface area (Å²) in [5.41, 5.74) is 0.938. The first-order chi connectivity index (χ1) is 13.5. The van der Waals surface area contributed by atoms with Crippen molar-refractivity contribution < 1.29 is 18.7 Å². The molecule has 10 heteroatoms. The van der Waals surface area contributed by atoms with E-state index in [1.165, 1.54) is 11.0 Å². The summed E-state index contributed by atoms with van der Waals surface area (Å²) >= 11 is 0. The van der Waals surface area contributed by atoms with Gasteiger partial charge >= 0.3 is 6.09 Å². The lowest BCUT2D eigenvalue weighted by molar-refractivity contribution is 0.122. The number of aliphatic imine (C=N–C) groups is 1. The molecule has 1 aromatic rings. The molecule has 0 unspecified atom stereocenters. The molecule has 28 heavy (non-hydrogen) atoms. The summed E-state index contributed by atoms with van der Waals surface area (Å²) in [4.78, 5) is 21.4. The first-order valence-electron chi connectivity index (χ1n) is 8.97. The Morgan fingerprint density at radius 2 is 2.18 bits per heavy atom. The Morgan fingerprint density at radius 3 is 2.82 bits per heavy atom. The van der Waals surface area contributed by atoms with Crippen LogP contribution in [-0.4, -0.2) is 76.5 Å². The smallest absolute Gasteiger partial charge is 0.414 e. The van der Waals surface area contributed by atoms with E-state index in [1.54, 1.807) is 31.1 Å². The Kier molecular flexibility index (Phi) is 6.16. The maximum atomic E-state index is 14.6. The lowest BCUT2D eigenvalue weighted by atomic mass is 10.2. The van der Waals surface area contributed by atoms with Crippen molar-refractivity contribution in [3.8, 4) is 6.19 Å². The summed E-state index contributed by atoms with van der Waals surface area (Å²) in [6.07, 6.45) is 0.788. The zero-order chi connectivity index (χ0) is 20.1. The number of ether oxygens (including phenoxy) is 2. The third kappa shape index (κ3) is 4.43. The molecule has 1 N–H and O–H groups in total. The van der Waals surface area contributed by atoms with Gasteiger partial charge in [0.2, 0.25) is 5.96 Å². The second-order valence-corrected chi connectivity index (χ2v) is 6.65. The van der Waals surface area contributed by atoms with Crippen LogP contribution in [0.15, 0.2) is 23.2 Å². The Hall–Kier alpha value is -3.06. The Balaban J connectivity index is 1.67. The van der Waals surface area contributed by atoms with Gasteiger partial charge in [-0.05, 0) is 18.2 Å². The molecule has 2 saturated heterocycles. The zero-order valence-corrected chi connectivity index (χ0v) is 15.9. The molecule has 2 heterocycles. The number of nitriles is 1. The van der Waals surface area contributed by atoms with Gasteiger partial charge in [0.15, 0.2) is 6.19 Å². The summed E-state index contributed by atoms with van der Waals surface area (Å²) in [7, 11) is 3.49. The van der Waals surface area contributed by atoms with Gasteiger partial charge in [-0.15, -0.1) is 0 Å². The number of nitrogens with one attached hydrogen (secondary N) is 1. The fourth-order valence-corrected chi connectivity index (χ4v) is 3.08. The SMILES string of the molecule is CN(C)C(=NC[C@H]1CN(c2ccc(N3CCOCC3)c(F)c2)C(=O)O1)NC#N. The van der Waals surface area contributed by atoms with Gasteiger partial charge in [0.25, 0.3) is 0 Å². The molecule has 3 rings (SSSR count). The van der Waals surface area contributed by atoms with Crippen LogP contribution in [0.25, 0.3) is 0 Å². The lowest BCUT2D eigenvalue weighted by Crippen LogP contribution is -2.36. The van der Waals surface area contributed by atoms with Crippen LogP contribution in [0.4, 0.5) is 20.6 Å². The van der Waals surface area contributed by atoms with Gasteiger partial charge in [0.05, 0.1) is 37.7 Å². The number of hydrogen-bond donors (Lipinski definition) is 1. The van der Waals surface area contributed by atoms with E-state index in [0.29, 0.717) is 43.6 Å². The first kappa shape index (κ1) is 19.7. The predicted molar refractivity (Wildman–Crippen MR) is 102 cm³/mol. The van der Waals surface area contributed by atoms with E-state index >= 15 is 0 Å². The number of carbonyl (C=O) groups excluding carboxylic acids is 1. The predicted octanol–water partition coefficient (Wildman–Crippen LogP) is 0.976. The van der Waals surface area contributed by atoms with Gasteiger partial charge in [-0.1, -0.05) is 0 Å². The number of rotatable bonds is 4. The topological polar surface area (TPSA) is 93.4 Å². The first-order valence-corrected chi connectivity index (χ1v) is 8.97. The van der Waals surface area contributed by atoms with Crippen LogP contribution < -0.4 is 15.1 Å². The highest BCUT2D eigenvalue weighted by atomic mass is 19.1. The van der Waals surface area contributed by atoms with Gasteiger partial charge in [0, 0.05) is 27.2 Å². The number of nitrogens with zero attached hydrogens (tertiary/aromatic N) is 5. The highest BCUT2D eigenvalue weighted by Crippen LogP contribution is 2.28. The number of amides is 1. The highest BCUT2D eigenvalue weighted by Gasteiger charge is 2.33. The Bertz CT molecular complexity index is 788. The molecule has 1 amide bonds. The lowest BCUT2D eigenvalue weighted by Gasteiger charge is -2.29. The van der Waals surface area contributed by atoms with Crippen LogP contribution in [0.3, 0.4) is 0 Å². The van der Waals surface area contributed by atoms with E-state index in [9.17, 15) is 9.18 Å². The van der Waals surface area contributed by atoms with Crippen molar-refractivity contribution in [3.05, 3.63) is 24.0 Å². The van der Waals surface area contributed by atoms with E-state index in [-0.39, 0.29) is 18.9 Å². The number of morpholine rings is 1. The van der Waals surface area contributed by atoms with Crippen molar-refractivity contribution in [2.24, 2.45) is 4.99 Å². The molecule has 0 aromatic heterocycles. The van der Waals surface area contributed by atoms with Crippen molar-refractivity contribution in [2.75, 3.05) is 63.3 Å². The fraction of sp³-hybridized carbons (Fsp3) is 0.500. The van der Waals surface area contributed by atoms with Gasteiger partial charge in [-0.25, -0.2) is 14.2 Å². The van der Waals surface area contributed by atoms with E-state index < -0.39 is 12.2 Å². The summed E-state index contributed by atoms with van der Waals surface area (Å²) < 4.78 is 25.2. The minimum Gasteiger partial charge on any atom is -0.442 e. The molecular weight excluding hydrogens is 367 g/mol. The number of guanidine groups is 1. The summed E-state index contributed by atoms with van der Waals surface area (Å²) in [5, 5.41) is 11.2. The third-order valence-corrected chi connectivity index (χ3v) is 4.50. The molecular formula is C18H23FN6O3. The van der Waals surface area contributed by atoms with Crippen LogP contribution >= 0.6 is 0 Å². The average Bonchev–Trinajstić information content (AvgIpc) is 3.06. The van der Waals surface area contributed by atoms with E-state index in [4.69, 9.17) is 14.7 Å². The number of anilines is 2. The summed E-state index contributed by atoms with van der Waals surface area (Å²) in [5.74, 6) is -0.0142. The molecule has 0 bridgehead atoms. The third-order valence-electron chi connectivity index (χ3n) is 4.50. The maximum absolute atomic E-state index is 14.6. The van der Waals surface area contributed by atoms with Crippen LogP contribution in [0.1, 0.15) is 0 Å². The molecule has 1 atom stereocenters. The average molecular weight is 390 g/mol. The standard InChI is InChI=1S/C18H23FN6O3/c1-23(2)17(22-12-20)21-10-14-11-25(18(26)28-14)13-3-4-16(15(19)9-13)24-5-7-27-8-6-24/h3-4,9,14H,5-8,10-11H2,1-2H3,(H,21,22)/t14-/m0/s1. The van der Waals surface area contributed by atoms with E-state index in [1.807, 2.05) is 11.1 Å². The molecule has 0 radical (unpaired) electrons. The molecule has 2 aliphatic heterocycles. The van der Waals surface area contributed by atoms with Crippen molar-refractivity contribution in [2.45, 2.75) is 6.10 Å². The van der Waals surface area contributed by atoms with E-state index in [0.717, 1.165) is 0 Å². The molecule has 150 valence electrons. The van der Waals surface area contributed by atoms with Gasteiger partial charge in [0.1, 0.15) is 11.9 Å². The minimum absolute atomic E-state index is 0.193. The summed E-state index contributed by atoms with van der Waals surface area (Å²) in [6.45, 7) is 2.85. The van der Waals surface area contributed by atoms with Crippen molar-refractivity contribution in [1.82, 2.24) is 10.2 Å². The Labute approximate surface area is 162 Å². The minimum atomic E-state index is -0.543. The molecule has 2 fully saturated rings. The zero-order valence-electron chi connectivity index (χ0n) is 15.9. The second kappa shape index (κ2) is 8.75. The number of carbonyl (C=O) groups is 1. The Morgan fingerprint density at radius 1 is 1.43 bits per heavy atom. The van der Waals surface area contributed by atoms with Crippen molar-refractivity contribution >= 4 is 23.4 Å². The molecule has 1 aromatic carbocycles. The molecule has 0 spiro atoms. The van der Waals surface area contributed by atoms with Gasteiger partial charge in [-0.2, -0.15) is 5.26 Å². The second-order valence-electron chi connectivity index (χ2n) is 6.65. The van der Waals surface area contributed by atoms with Crippen molar-refractivity contribution in [1.29, 1.82) is 5.26 Å². The maximum Gasteiger partial charge on any atom is 0.414 e. The molecule has 9 nitrogen and oxygen atoms in total. The monoisotopic (exact) mass is 390 g/mol. The van der Waals surface area contributed by atoms with Gasteiger partial charge < -0.3 is 19.3 Å². The van der Waals surface area contributed by atoms with Gasteiger partial charge in [-0.3, -0.25) is 10.2 Å². The summed E-state index contributed by atoms with van der Waals surface area (Å²) in [6, 6.07) is 4.74. The van der Waals surface area contributed by atoms with Crippen LogP contribution in [0.5, 0.6) is 0 Å². The molecule has 2 aliphatic rings. The quantitative estimate of drug-likeness (QED) is 0.354. The number of hydrogen-bond acceptors (Lipinski definition) is 6. The van der Waals surface area contributed by atoms with Crippen LogP contribution in [0.2, 0.25) is 0 Å². The van der Waals surface area contributed by atoms with Crippen molar-refractivity contribution in [3.63, 3.8) is 0 Å². The van der Waals surface area contributed by atoms with Crippen LogP contribution in [-0.2, 0) is 9.47 Å². The largest absolute Gasteiger partial charge is 0.442 e. The number of halogens is 1. The fourth-order valence-electron chi connectivity index (χ4n) is 3.08. The molecule has 0 saturated carbocycles. The highest BCUT2D eigenvalue weighted by molar-refractivity contribution is 5.90. The number of cyclic esters (lactones) is 1. The normalized spacial score (nSPS) is 20.0.